The molecular weight excluding hydrogens is 244 g/mol. The van der Waals surface area contributed by atoms with Crippen molar-refractivity contribution in [2.45, 2.75) is 25.9 Å². The van der Waals surface area contributed by atoms with Crippen molar-refractivity contribution in [1.29, 1.82) is 0 Å². The van der Waals surface area contributed by atoms with Gasteiger partial charge in [-0.25, -0.2) is 20.4 Å². The second-order valence-corrected chi connectivity index (χ2v) is 4.06. The lowest BCUT2D eigenvalue weighted by Crippen LogP contribution is -2.31. The Morgan fingerprint density at radius 1 is 1.42 bits per heavy atom. The first-order valence-electron chi connectivity index (χ1n) is 6.13. The van der Waals surface area contributed by atoms with Crippen LogP contribution in [0.15, 0.2) is 24.8 Å². The molecule has 0 aliphatic heterocycles. The SMILES string of the molecule is CCCn1ccnc1C(NN)c1cc(OC)ncn1. The fraction of sp³-hybridized carbons (Fsp3) is 0.417. The molecule has 0 saturated carbocycles. The first-order valence-corrected chi connectivity index (χ1v) is 6.13. The fourth-order valence-electron chi connectivity index (χ4n) is 1.93. The number of nitrogens with zero attached hydrogens (tertiary/aromatic N) is 4. The highest BCUT2D eigenvalue weighted by atomic mass is 16.5. The van der Waals surface area contributed by atoms with Gasteiger partial charge in [0.25, 0.3) is 0 Å². The van der Waals surface area contributed by atoms with Gasteiger partial charge in [-0.3, -0.25) is 5.84 Å². The van der Waals surface area contributed by atoms with Crippen LogP contribution >= 0.6 is 0 Å². The number of hydrazine groups is 1. The summed E-state index contributed by atoms with van der Waals surface area (Å²) in [6.07, 6.45) is 6.16. The van der Waals surface area contributed by atoms with E-state index in [9.17, 15) is 0 Å². The molecule has 1 atom stereocenters. The maximum atomic E-state index is 5.65. The molecule has 19 heavy (non-hydrogen) atoms. The van der Waals surface area contributed by atoms with Crippen molar-refractivity contribution in [3.63, 3.8) is 0 Å². The number of nitrogens with one attached hydrogen (secondary N) is 1. The van der Waals surface area contributed by atoms with Gasteiger partial charge in [-0.1, -0.05) is 6.92 Å². The maximum absolute atomic E-state index is 5.65. The molecule has 0 radical (unpaired) electrons. The molecule has 7 heteroatoms. The van der Waals surface area contributed by atoms with Crippen molar-refractivity contribution >= 4 is 0 Å². The van der Waals surface area contributed by atoms with Crippen molar-refractivity contribution < 1.29 is 4.74 Å². The van der Waals surface area contributed by atoms with Crippen molar-refractivity contribution in [2.24, 2.45) is 5.84 Å². The summed E-state index contributed by atoms with van der Waals surface area (Å²) in [5.74, 6) is 6.97. The molecule has 3 N–H and O–H groups in total. The summed E-state index contributed by atoms with van der Waals surface area (Å²) in [5, 5.41) is 0. The molecule has 0 fully saturated rings. The van der Waals surface area contributed by atoms with Crippen molar-refractivity contribution in [1.82, 2.24) is 24.9 Å². The minimum atomic E-state index is -0.293. The minimum absolute atomic E-state index is 0.293. The third-order valence-corrected chi connectivity index (χ3v) is 2.81. The number of rotatable bonds is 6. The van der Waals surface area contributed by atoms with Gasteiger partial charge in [0.15, 0.2) is 0 Å². The van der Waals surface area contributed by atoms with Crippen molar-refractivity contribution in [2.75, 3.05) is 7.11 Å². The molecule has 0 aromatic carbocycles. The molecule has 102 valence electrons. The number of ether oxygens (including phenoxy) is 1. The van der Waals surface area contributed by atoms with Gasteiger partial charge in [0.2, 0.25) is 5.88 Å². The minimum Gasteiger partial charge on any atom is -0.481 e. The normalized spacial score (nSPS) is 12.4. The van der Waals surface area contributed by atoms with Crippen LogP contribution in [0, 0.1) is 0 Å². The van der Waals surface area contributed by atoms with Crippen LogP contribution in [0.1, 0.15) is 30.9 Å². The van der Waals surface area contributed by atoms with Gasteiger partial charge >= 0.3 is 0 Å². The summed E-state index contributed by atoms with van der Waals surface area (Å²) in [7, 11) is 1.56. The second-order valence-electron chi connectivity index (χ2n) is 4.06. The summed E-state index contributed by atoms with van der Waals surface area (Å²) < 4.78 is 7.15. The van der Waals surface area contributed by atoms with E-state index in [2.05, 4.69) is 31.9 Å². The summed E-state index contributed by atoms with van der Waals surface area (Å²) >= 11 is 0. The summed E-state index contributed by atoms with van der Waals surface area (Å²) in [4.78, 5) is 12.6. The molecule has 2 aromatic rings. The topological polar surface area (TPSA) is 90.9 Å². The molecule has 7 nitrogen and oxygen atoms in total. The van der Waals surface area contributed by atoms with Crippen LogP contribution in [-0.4, -0.2) is 26.6 Å². The van der Waals surface area contributed by atoms with E-state index in [0.717, 1.165) is 24.5 Å². The number of imidazole rings is 1. The third-order valence-electron chi connectivity index (χ3n) is 2.81. The molecule has 1 unspecified atom stereocenters. The summed E-state index contributed by atoms with van der Waals surface area (Å²) in [6.45, 7) is 3.00. The van der Waals surface area contributed by atoms with Gasteiger partial charge in [0.05, 0.1) is 12.8 Å². The average molecular weight is 262 g/mol. The zero-order valence-electron chi connectivity index (χ0n) is 11.1. The predicted octanol–water partition coefficient (Wildman–Crippen LogP) is 0.644. The van der Waals surface area contributed by atoms with E-state index in [-0.39, 0.29) is 6.04 Å². The standard InChI is InChI=1S/C12H18N6O/c1-3-5-18-6-4-14-12(18)11(17-13)9-7-10(19-2)16-8-15-9/h4,6-8,11,17H,3,5,13H2,1-2H3. The number of aromatic nitrogens is 4. The molecule has 0 aliphatic carbocycles. The van der Waals surface area contributed by atoms with Crippen LogP contribution < -0.4 is 16.0 Å². The molecule has 2 heterocycles. The first-order chi connectivity index (χ1) is 9.30. The van der Waals surface area contributed by atoms with Gasteiger partial charge in [-0.05, 0) is 6.42 Å². The highest BCUT2D eigenvalue weighted by Crippen LogP contribution is 2.20. The zero-order valence-corrected chi connectivity index (χ0v) is 11.1. The Hall–Kier alpha value is -1.99. The number of hydrogen-bond donors (Lipinski definition) is 2. The molecule has 0 saturated heterocycles. The Balaban J connectivity index is 2.35. The van der Waals surface area contributed by atoms with Crippen molar-refractivity contribution in [3.05, 3.63) is 36.3 Å². The Bertz CT molecular complexity index is 526. The molecular formula is C12H18N6O. The lowest BCUT2D eigenvalue weighted by Gasteiger charge is -2.16. The number of hydrogen-bond acceptors (Lipinski definition) is 6. The fourth-order valence-corrected chi connectivity index (χ4v) is 1.93. The van der Waals surface area contributed by atoms with Crippen LogP contribution in [0.25, 0.3) is 0 Å². The number of nitrogens with two attached hydrogens (primary N) is 1. The van der Waals surface area contributed by atoms with Crippen LogP contribution in [-0.2, 0) is 6.54 Å². The molecule has 2 aromatic heterocycles. The van der Waals surface area contributed by atoms with Crippen LogP contribution in [0.2, 0.25) is 0 Å². The summed E-state index contributed by atoms with van der Waals surface area (Å²) in [6, 6.07) is 1.45. The van der Waals surface area contributed by atoms with E-state index >= 15 is 0 Å². The van der Waals surface area contributed by atoms with Crippen LogP contribution in [0.3, 0.4) is 0 Å². The third kappa shape index (κ3) is 2.88. The largest absolute Gasteiger partial charge is 0.481 e. The Kier molecular flexibility index (Phi) is 4.43. The van der Waals surface area contributed by atoms with E-state index < -0.39 is 0 Å². The molecule has 0 bridgehead atoms. The Morgan fingerprint density at radius 2 is 2.26 bits per heavy atom. The smallest absolute Gasteiger partial charge is 0.216 e. The van der Waals surface area contributed by atoms with E-state index in [0.29, 0.717) is 5.88 Å². The molecule has 0 amide bonds. The maximum Gasteiger partial charge on any atom is 0.216 e. The highest BCUT2D eigenvalue weighted by molar-refractivity contribution is 5.22. The monoisotopic (exact) mass is 262 g/mol. The van der Waals surface area contributed by atoms with Gasteiger partial charge in [-0.2, -0.15) is 0 Å². The molecule has 0 aliphatic rings. The van der Waals surface area contributed by atoms with Gasteiger partial charge in [0.1, 0.15) is 18.2 Å². The first kappa shape index (κ1) is 13.4. The molecule has 2 rings (SSSR count). The zero-order chi connectivity index (χ0) is 13.7. The van der Waals surface area contributed by atoms with Crippen molar-refractivity contribution in [3.8, 4) is 5.88 Å². The Labute approximate surface area is 111 Å². The lowest BCUT2D eigenvalue weighted by molar-refractivity contribution is 0.394. The molecule has 0 spiro atoms. The summed E-state index contributed by atoms with van der Waals surface area (Å²) in [5.41, 5.74) is 3.46. The van der Waals surface area contributed by atoms with E-state index in [1.165, 1.54) is 6.33 Å². The number of methoxy groups -OCH3 is 1. The Morgan fingerprint density at radius 3 is 2.95 bits per heavy atom. The van der Waals surface area contributed by atoms with Gasteiger partial charge in [0, 0.05) is 25.0 Å². The van der Waals surface area contributed by atoms with E-state index in [1.807, 2.05) is 6.20 Å². The van der Waals surface area contributed by atoms with Gasteiger partial charge in [-0.15, -0.1) is 0 Å². The van der Waals surface area contributed by atoms with Gasteiger partial charge < -0.3 is 9.30 Å². The predicted molar refractivity (Wildman–Crippen MR) is 70.3 cm³/mol. The highest BCUT2D eigenvalue weighted by Gasteiger charge is 2.19. The number of aryl methyl sites for hydroxylation is 1. The average Bonchev–Trinajstić information content (AvgIpc) is 2.89. The lowest BCUT2D eigenvalue weighted by atomic mass is 10.2. The quantitative estimate of drug-likeness (QED) is 0.586. The van der Waals surface area contributed by atoms with E-state index in [4.69, 9.17) is 10.6 Å². The van der Waals surface area contributed by atoms with E-state index in [1.54, 1.807) is 19.4 Å². The second kappa shape index (κ2) is 6.26. The van der Waals surface area contributed by atoms with Crippen LogP contribution in [0.4, 0.5) is 0 Å². The van der Waals surface area contributed by atoms with Crippen LogP contribution in [0.5, 0.6) is 5.88 Å².